The van der Waals surface area contributed by atoms with Crippen molar-refractivity contribution >= 4 is 22.3 Å². The average Bonchev–Trinajstić information content (AvgIpc) is 3.45. The first-order chi connectivity index (χ1) is 16.4. The maximum Gasteiger partial charge on any atom is 0.183 e. The second kappa shape index (κ2) is 9.35. The number of carbonyl (C=O) groups is 1. The number of benzene rings is 3. The minimum atomic E-state index is -0.683. The van der Waals surface area contributed by atoms with E-state index in [-0.39, 0.29) is 12.2 Å². The smallest absolute Gasteiger partial charge is 0.183 e. The lowest BCUT2D eigenvalue weighted by molar-refractivity contribution is 0.0989. The predicted molar refractivity (Wildman–Crippen MR) is 132 cm³/mol. The minimum absolute atomic E-state index is 0.0691. The van der Waals surface area contributed by atoms with E-state index in [9.17, 15) is 13.6 Å². The number of Topliss-reactive ketones (excluding diaryl/α,β-unsaturated/α-hetero) is 1. The van der Waals surface area contributed by atoms with Crippen molar-refractivity contribution in [2.45, 2.75) is 19.4 Å². The molecule has 3 nitrogen and oxygen atoms in total. The lowest BCUT2D eigenvalue weighted by atomic mass is 9.92. The van der Waals surface area contributed by atoms with Gasteiger partial charge in [0.15, 0.2) is 5.78 Å². The number of likely N-dealkylation sites (tertiary alicyclic amines) is 1. The molecule has 1 fully saturated rings. The summed E-state index contributed by atoms with van der Waals surface area (Å²) in [5.74, 6) is -1.19. The standard InChI is InChI=1S/C29H26F2N2O/c1-19(23-9-10-33(18-23)17-20-5-3-2-4-6-20)22-7-8-27-24(14-22)15-28(32-27)29(34)13-21-11-25(30)16-26(31)12-21/h2-8,11-12,14-16,23,32H,1,9-10,13,17-18H2. The molecule has 1 aliphatic rings. The summed E-state index contributed by atoms with van der Waals surface area (Å²) in [6.07, 6.45) is 1.01. The highest BCUT2D eigenvalue weighted by Crippen LogP contribution is 2.32. The highest BCUT2D eigenvalue weighted by Gasteiger charge is 2.25. The van der Waals surface area contributed by atoms with E-state index in [1.165, 1.54) is 17.7 Å². The first-order valence-corrected chi connectivity index (χ1v) is 11.5. The molecule has 0 aliphatic carbocycles. The molecule has 34 heavy (non-hydrogen) atoms. The SMILES string of the molecule is C=C(c1ccc2[nH]c(C(=O)Cc3cc(F)cc(F)c3)cc2c1)C1CCN(Cc2ccccc2)C1. The van der Waals surface area contributed by atoms with Crippen molar-refractivity contribution in [1.29, 1.82) is 0 Å². The largest absolute Gasteiger partial charge is 0.352 e. The van der Waals surface area contributed by atoms with Gasteiger partial charge in [-0.15, -0.1) is 0 Å². The van der Waals surface area contributed by atoms with Gasteiger partial charge in [-0.25, -0.2) is 8.78 Å². The van der Waals surface area contributed by atoms with E-state index in [1.54, 1.807) is 6.07 Å². The number of ketones is 1. The number of nitrogens with zero attached hydrogens (tertiary/aromatic N) is 1. The number of aromatic nitrogens is 1. The summed E-state index contributed by atoms with van der Waals surface area (Å²) in [4.78, 5) is 18.3. The molecular weight excluding hydrogens is 430 g/mol. The Kier molecular flexibility index (Phi) is 6.12. The van der Waals surface area contributed by atoms with Gasteiger partial charge in [0.25, 0.3) is 0 Å². The van der Waals surface area contributed by atoms with E-state index in [2.05, 4.69) is 46.8 Å². The molecule has 0 radical (unpaired) electrons. The lowest BCUT2D eigenvalue weighted by Crippen LogP contribution is -2.20. The molecule has 1 atom stereocenters. The third-order valence-corrected chi connectivity index (χ3v) is 6.59. The maximum atomic E-state index is 13.5. The van der Waals surface area contributed by atoms with Crippen LogP contribution in [0.1, 0.15) is 33.6 Å². The number of carbonyl (C=O) groups excluding carboxylic acids is 1. The van der Waals surface area contributed by atoms with Gasteiger partial charge in [-0.3, -0.25) is 9.69 Å². The van der Waals surface area contributed by atoms with Crippen molar-refractivity contribution in [2.75, 3.05) is 13.1 Å². The Labute approximate surface area is 197 Å². The van der Waals surface area contributed by atoms with Crippen molar-refractivity contribution in [3.8, 4) is 0 Å². The van der Waals surface area contributed by atoms with Crippen LogP contribution in [-0.4, -0.2) is 28.8 Å². The van der Waals surface area contributed by atoms with Crippen LogP contribution in [0.5, 0.6) is 0 Å². The van der Waals surface area contributed by atoms with Crippen LogP contribution in [0.25, 0.3) is 16.5 Å². The molecule has 1 N–H and O–H groups in total. The van der Waals surface area contributed by atoms with Gasteiger partial charge in [-0.05, 0) is 71.5 Å². The van der Waals surface area contributed by atoms with Crippen LogP contribution < -0.4 is 0 Å². The number of hydrogen-bond acceptors (Lipinski definition) is 2. The van der Waals surface area contributed by atoms with Crippen molar-refractivity contribution in [3.63, 3.8) is 0 Å². The fraction of sp³-hybridized carbons (Fsp3) is 0.207. The van der Waals surface area contributed by atoms with Gasteiger partial charge in [0.2, 0.25) is 0 Å². The summed E-state index contributed by atoms with van der Waals surface area (Å²) >= 11 is 0. The molecule has 172 valence electrons. The molecule has 4 aromatic rings. The van der Waals surface area contributed by atoms with Crippen LogP contribution in [0, 0.1) is 17.6 Å². The summed E-state index contributed by atoms with van der Waals surface area (Å²) in [5.41, 5.74) is 5.10. The number of halogens is 2. The first kappa shape index (κ1) is 22.2. The van der Waals surface area contributed by atoms with E-state index < -0.39 is 11.6 Å². The Balaban J connectivity index is 1.28. The van der Waals surface area contributed by atoms with Crippen molar-refractivity contribution in [1.82, 2.24) is 9.88 Å². The fourth-order valence-electron chi connectivity index (χ4n) is 4.81. The van der Waals surface area contributed by atoms with E-state index in [1.807, 2.05) is 18.2 Å². The molecule has 3 aromatic carbocycles. The lowest BCUT2D eigenvalue weighted by Gasteiger charge is -2.17. The van der Waals surface area contributed by atoms with E-state index in [4.69, 9.17) is 0 Å². The maximum absolute atomic E-state index is 13.5. The zero-order valence-electron chi connectivity index (χ0n) is 18.9. The minimum Gasteiger partial charge on any atom is -0.352 e. The van der Waals surface area contributed by atoms with Gasteiger partial charge >= 0.3 is 0 Å². The number of rotatable bonds is 7. The monoisotopic (exact) mass is 456 g/mol. The number of aromatic amines is 1. The summed E-state index contributed by atoms with van der Waals surface area (Å²) in [6.45, 7) is 7.37. The average molecular weight is 457 g/mol. The molecule has 0 amide bonds. The molecule has 2 heterocycles. The molecule has 1 saturated heterocycles. The van der Waals surface area contributed by atoms with E-state index >= 15 is 0 Å². The second-order valence-electron chi connectivity index (χ2n) is 9.09. The van der Waals surface area contributed by atoms with Gasteiger partial charge in [0, 0.05) is 36.5 Å². The Morgan fingerprint density at radius 1 is 0.971 bits per heavy atom. The second-order valence-corrected chi connectivity index (χ2v) is 9.09. The van der Waals surface area contributed by atoms with Crippen molar-refractivity contribution in [2.24, 2.45) is 5.92 Å². The predicted octanol–water partition coefficient (Wildman–Crippen LogP) is 6.41. The highest BCUT2D eigenvalue weighted by molar-refractivity contribution is 6.01. The topological polar surface area (TPSA) is 36.1 Å². The summed E-state index contributed by atoms with van der Waals surface area (Å²) in [5, 5.41) is 0.923. The van der Waals surface area contributed by atoms with Crippen molar-refractivity contribution < 1.29 is 13.6 Å². The molecule has 1 aliphatic heterocycles. The Bertz CT molecular complexity index is 1340. The number of nitrogens with one attached hydrogen (secondary N) is 1. The highest BCUT2D eigenvalue weighted by atomic mass is 19.1. The van der Waals surface area contributed by atoms with E-state index in [0.717, 1.165) is 54.2 Å². The van der Waals surface area contributed by atoms with Crippen LogP contribution in [-0.2, 0) is 13.0 Å². The normalized spacial score (nSPS) is 16.2. The van der Waals surface area contributed by atoms with E-state index in [0.29, 0.717) is 17.2 Å². The zero-order valence-corrected chi connectivity index (χ0v) is 18.9. The molecule has 1 unspecified atom stereocenters. The molecular formula is C29H26F2N2O. The molecule has 5 heteroatoms. The summed E-state index contributed by atoms with van der Waals surface area (Å²) in [7, 11) is 0. The van der Waals surface area contributed by atoms with Gasteiger partial charge in [0.1, 0.15) is 11.6 Å². The number of hydrogen-bond donors (Lipinski definition) is 1. The zero-order chi connectivity index (χ0) is 23.7. The van der Waals surface area contributed by atoms with Gasteiger partial charge in [-0.1, -0.05) is 43.0 Å². The third kappa shape index (κ3) is 4.85. The van der Waals surface area contributed by atoms with Gasteiger partial charge < -0.3 is 4.98 Å². The summed E-state index contributed by atoms with van der Waals surface area (Å²) < 4.78 is 26.9. The molecule has 1 aromatic heterocycles. The fourth-order valence-corrected chi connectivity index (χ4v) is 4.81. The van der Waals surface area contributed by atoms with Crippen LogP contribution in [0.15, 0.2) is 79.4 Å². The molecule has 0 saturated carbocycles. The van der Waals surface area contributed by atoms with Gasteiger partial charge in [0.05, 0.1) is 5.69 Å². The van der Waals surface area contributed by atoms with Crippen LogP contribution >= 0.6 is 0 Å². The Hall–Kier alpha value is -3.57. The van der Waals surface area contributed by atoms with Crippen LogP contribution in [0.4, 0.5) is 8.78 Å². The summed E-state index contributed by atoms with van der Waals surface area (Å²) in [6, 6.07) is 21.6. The molecule has 5 rings (SSSR count). The molecule has 0 spiro atoms. The quantitative estimate of drug-likeness (QED) is 0.326. The number of fused-ring (bicyclic) bond motifs is 1. The van der Waals surface area contributed by atoms with Crippen LogP contribution in [0.3, 0.4) is 0 Å². The Morgan fingerprint density at radius 3 is 2.50 bits per heavy atom. The third-order valence-electron chi connectivity index (χ3n) is 6.59. The van der Waals surface area contributed by atoms with Crippen molar-refractivity contribution in [3.05, 3.63) is 113 Å². The van der Waals surface area contributed by atoms with Gasteiger partial charge in [-0.2, -0.15) is 0 Å². The first-order valence-electron chi connectivity index (χ1n) is 11.5. The molecule has 0 bridgehead atoms. The van der Waals surface area contributed by atoms with Crippen LogP contribution in [0.2, 0.25) is 0 Å². The number of H-pyrrole nitrogens is 1. The Morgan fingerprint density at radius 2 is 1.74 bits per heavy atom.